The molecular weight excluding hydrogens is 316 g/mol. The maximum absolute atomic E-state index is 11.6. The summed E-state index contributed by atoms with van der Waals surface area (Å²) in [6, 6.07) is 4.97. The van der Waals surface area contributed by atoms with Crippen molar-refractivity contribution in [1.29, 1.82) is 0 Å². The van der Waals surface area contributed by atoms with E-state index in [1.807, 2.05) is 13.0 Å². The number of benzene rings is 1. The van der Waals surface area contributed by atoms with Crippen LogP contribution in [0.2, 0.25) is 0 Å². The van der Waals surface area contributed by atoms with Gasteiger partial charge in [0.2, 0.25) is 0 Å². The Hall–Kier alpha value is -1.60. The summed E-state index contributed by atoms with van der Waals surface area (Å²) in [6.45, 7) is 1.80. The Morgan fingerprint density at radius 2 is 2.11 bits per heavy atom. The second-order valence-corrected chi connectivity index (χ2v) is 4.83. The van der Waals surface area contributed by atoms with Gasteiger partial charge in [0.05, 0.1) is 6.54 Å². The third-order valence-electron chi connectivity index (χ3n) is 2.31. The summed E-state index contributed by atoms with van der Waals surface area (Å²) in [5.74, 6) is -1.12. The van der Waals surface area contributed by atoms with Crippen molar-refractivity contribution in [2.24, 2.45) is 0 Å². The second-order valence-electron chi connectivity index (χ2n) is 3.91. The molecule has 0 aliphatic heterocycles. The molecule has 7 heteroatoms. The molecule has 1 unspecified atom stereocenters. The van der Waals surface area contributed by atoms with E-state index in [9.17, 15) is 9.59 Å². The topological polar surface area (TPSA) is 87.7 Å². The minimum absolute atomic E-state index is 0.106. The first kappa shape index (κ1) is 15.5. The number of carboxylic acid groups (broad SMARTS) is 1. The first-order valence-corrected chi connectivity index (χ1v) is 6.29. The van der Waals surface area contributed by atoms with Crippen LogP contribution in [-0.4, -0.2) is 36.9 Å². The zero-order valence-electron chi connectivity index (χ0n) is 10.6. The lowest BCUT2D eigenvalue weighted by atomic mass is 10.2. The molecule has 0 saturated carbocycles. The van der Waals surface area contributed by atoms with Crippen molar-refractivity contribution < 1.29 is 19.4 Å². The van der Waals surface area contributed by atoms with Gasteiger partial charge in [-0.05, 0) is 30.7 Å². The number of hydrogen-bond acceptors (Lipinski definition) is 3. The number of anilines is 1. The van der Waals surface area contributed by atoms with Crippen molar-refractivity contribution in [3.8, 4) is 0 Å². The number of carbonyl (C=O) groups is 2. The molecule has 0 heterocycles. The number of carboxylic acids is 1. The largest absolute Gasteiger partial charge is 0.479 e. The molecule has 2 amide bonds. The summed E-state index contributed by atoms with van der Waals surface area (Å²) in [6.07, 6.45) is -1.06. The van der Waals surface area contributed by atoms with Gasteiger partial charge in [0.15, 0.2) is 6.10 Å². The molecule has 3 N–H and O–H groups in total. The average Bonchev–Trinajstić information content (AvgIpc) is 2.27. The molecule has 1 atom stereocenters. The van der Waals surface area contributed by atoms with Gasteiger partial charge in [-0.25, -0.2) is 9.59 Å². The van der Waals surface area contributed by atoms with E-state index in [1.54, 1.807) is 12.1 Å². The third-order valence-corrected chi connectivity index (χ3v) is 2.77. The molecule has 0 bridgehead atoms. The molecular formula is C12H15BrN2O4. The van der Waals surface area contributed by atoms with E-state index in [4.69, 9.17) is 9.84 Å². The van der Waals surface area contributed by atoms with E-state index in [1.165, 1.54) is 7.11 Å². The van der Waals surface area contributed by atoms with Crippen LogP contribution in [-0.2, 0) is 9.53 Å². The van der Waals surface area contributed by atoms with Crippen molar-refractivity contribution in [1.82, 2.24) is 5.32 Å². The number of rotatable bonds is 5. The zero-order chi connectivity index (χ0) is 14.4. The molecule has 1 aromatic rings. The second kappa shape index (κ2) is 7.10. The quantitative estimate of drug-likeness (QED) is 0.770. The first-order chi connectivity index (χ1) is 8.92. The van der Waals surface area contributed by atoms with E-state index in [-0.39, 0.29) is 6.54 Å². The van der Waals surface area contributed by atoms with Gasteiger partial charge in [0.1, 0.15) is 0 Å². The van der Waals surface area contributed by atoms with Crippen LogP contribution >= 0.6 is 15.9 Å². The van der Waals surface area contributed by atoms with Crippen LogP contribution in [0.25, 0.3) is 0 Å². The summed E-state index contributed by atoms with van der Waals surface area (Å²) < 4.78 is 5.55. The highest BCUT2D eigenvalue weighted by Gasteiger charge is 2.17. The minimum Gasteiger partial charge on any atom is -0.479 e. The van der Waals surface area contributed by atoms with Crippen molar-refractivity contribution in [2.75, 3.05) is 19.0 Å². The van der Waals surface area contributed by atoms with E-state index in [0.29, 0.717) is 5.69 Å². The van der Waals surface area contributed by atoms with Crippen molar-refractivity contribution >= 4 is 33.6 Å². The normalized spacial score (nSPS) is 11.7. The van der Waals surface area contributed by atoms with Gasteiger partial charge in [0, 0.05) is 17.3 Å². The fraction of sp³-hybridized carbons (Fsp3) is 0.333. The Balaban J connectivity index is 2.53. The summed E-state index contributed by atoms with van der Waals surface area (Å²) in [7, 11) is 1.27. The molecule has 0 fully saturated rings. The van der Waals surface area contributed by atoms with E-state index >= 15 is 0 Å². The SMILES string of the molecule is COC(CNC(=O)Nc1cc(C)cc(Br)c1)C(=O)O. The standard InChI is InChI=1S/C12H15BrN2O4/c1-7-3-8(13)5-9(4-7)15-12(18)14-6-10(19-2)11(16)17/h3-5,10H,6H2,1-2H3,(H,16,17)(H2,14,15,18). The Morgan fingerprint density at radius 1 is 1.42 bits per heavy atom. The summed E-state index contributed by atoms with van der Waals surface area (Å²) in [4.78, 5) is 22.3. The van der Waals surface area contributed by atoms with Crippen molar-refractivity contribution in [3.63, 3.8) is 0 Å². The number of nitrogens with one attached hydrogen (secondary N) is 2. The van der Waals surface area contributed by atoms with E-state index < -0.39 is 18.1 Å². The number of hydrogen-bond donors (Lipinski definition) is 3. The van der Waals surface area contributed by atoms with Gasteiger partial charge in [-0.2, -0.15) is 0 Å². The lowest BCUT2D eigenvalue weighted by Crippen LogP contribution is -2.39. The molecule has 19 heavy (non-hydrogen) atoms. The van der Waals surface area contributed by atoms with Gasteiger partial charge in [0.25, 0.3) is 0 Å². The minimum atomic E-state index is -1.12. The summed E-state index contributed by atoms with van der Waals surface area (Å²) >= 11 is 3.33. The van der Waals surface area contributed by atoms with E-state index in [2.05, 4.69) is 26.6 Å². The van der Waals surface area contributed by atoms with Crippen molar-refractivity contribution in [2.45, 2.75) is 13.0 Å². The third kappa shape index (κ3) is 5.27. The van der Waals surface area contributed by atoms with Crippen LogP contribution in [0, 0.1) is 6.92 Å². The highest BCUT2D eigenvalue weighted by Crippen LogP contribution is 2.18. The highest BCUT2D eigenvalue weighted by atomic mass is 79.9. The smallest absolute Gasteiger partial charge is 0.334 e. The molecule has 0 aliphatic carbocycles. The lowest BCUT2D eigenvalue weighted by Gasteiger charge is -2.12. The van der Waals surface area contributed by atoms with Crippen LogP contribution in [0.5, 0.6) is 0 Å². The fourth-order valence-corrected chi connectivity index (χ4v) is 2.05. The monoisotopic (exact) mass is 330 g/mol. The van der Waals surface area contributed by atoms with Crippen LogP contribution in [0.4, 0.5) is 10.5 Å². The number of methoxy groups -OCH3 is 1. The van der Waals surface area contributed by atoms with Crippen LogP contribution in [0.15, 0.2) is 22.7 Å². The Bertz CT molecular complexity index is 459. The molecule has 0 aromatic heterocycles. The van der Waals surface area contributed by atoms with Crippen LogP contribution in [0.3, 0.4) is 0 Å². The molecule has 1 rings (SSSR count). The fourth-order valence-electron chi connectivity index (χ4n) is 1.44. The Kier molecular flexibility index (Phi) is 5.78. The molecule has 1 aromatic carbocycles. The number of ether oxygens (including phenoxy) is 1. The molecule has 0 saturated heterocycles. The number of aliphatic carboxylic acids is 1. The zero-order valence-corrected chi connectivity index (χ0v) is 12.2. The van der Waals surface area contributed by atoms with Gasteiger partial charge in [-0.1, -0.05) is 15.9 Å². The molecule has 0 aliphatic rings. The first-order valence-electron chi connectivity index (χ1n) is 5.50. The number of urea groups is 1. The highest BCUT2D eigenvalue weighted by molar-refractivity contribution is 9.10. The molecule has 104 valence electrons. The Labute approximate surface area is 119 Å². The molecule has 0 spiro atoms. The van der Waals surface area contributed by atoms with Gasteiger partial charge < -0.3 is 20.5 Å². The number of halogens is 1. The summed E-state index contributed by atoms with van der Waals surface area (Å²) in [5.41, 5.74) is 1.61. The summed E-state index contributed by atoms with van der Waals surface area (Å²) in [5, 5.41) is 13.8. The number of aryl methyl sites for hydroxylation is 1. The molecule has 6 nitrogen and oxygen atoms in total. The van der Waals surface area contributed by atoms with Gasteiger partial charge in [-0.3, -0.25) is 0 Å². The van der Waals surface area contributed by atoms with Crippen LogP contribution < -0.4 is 10.6 Å². The number of amides is 2. The predicted molar refractivity (Wildman–Crippen MR) is 74.3 cm³/mol. The van der Waals surface area contributed by atoms with Crippen LogP contribution in [0.1, 0.15) is 5.56 Å². The average molecular weight is 331 g/mol. The predicted octanol–water partition coefficient (Wildman–Crippen LogP) is 1.98. The number of carbonyl (C=O) groups excluding carboxylic acids is 1. The van der Waals surface area contributed by atoms with Gasteiger partial charge in [-0.15, -0.1) is 0 Å². The Morgan fingerprint density at radius 3 is 2.63 bits per heavy atom. The van der Waals surface area contributed by atoms with E-state index in [0.717, 1.165) is 10.0 Å². The maximum Gasteiger partial charge on any atom is 0.334 e. The van der Waals surface area contributed by atoms with Crippen molar-refractivity contribution in [3.05, 3.63) is 28.2 Å². The molecule has 0 radical (unpaired) electrons. The lowest BCUT2D eigenvalue weighted by molar-refractivity contribution is -0.147. The van der Waals surface area contributed by atoms with Gasteiger partial charge >= 0.3 is 12.0 Å². The maximum atomic E-state index is 11.6.